The smallest absolute Gasteiger partial charge is 0.161 e. The van der Waals surface area contributed by atoms with Crippen LogP contribution in [0.2, 0.25) is 0 Å². The molecule has 0 heterocycles. The lowest BCUT2D eigenvalue weighted by Crippen LogP contribution is -2.03. The third-order valence-electron chi connectivity index (χ3n) is 2.80. The lowest BCUT2D eigenvalue weighted by atomic mass is 10.2. The van der Waals surface area contributed by atoms with Crippen molar-refractivity contribution < 1.29 is 13.9 Å². The van der Waals surface area contributed by atoms with Crippen LogP contribution in [-0.4, -0.2) is 6.61 Å². The fraction of sp³-hybridized carbons (Fsp3) is 0.250. The first-order valence-corrected chi connectivity index (χ1v) is 6.59. The zero-order valence-corrected chi connectivity index (χ0v) is 11.4. The molecular weight excluding hydrogens is 257 g/mol. The van der Waals surface area contributed by atoms with Crippen LogP contribution >= 0.6 is 0 Å². The van der Waals surface area contributed by atoms with Gasteiger partial charge in [0.05, 0.1) is 6.61 Å². The number of rotatable bonds is 6. The van der Waals surface area contributed by atoms with E-state index in [2.05, 4.69) is 0 Å². The lowest BCUT2D eigenvalue weighted by Gasteiger charge is -2.13. The number of hydrogen-bond acceptors (Lipinski definition) is 3. The Balaban J connectivity index is 2.08. The van der Waals surface area contributed by atoms with Crippen LogP contribution < -0.4 is 15.2 Å². The van der Waals surface area contributed by atoms with Crippen molar-refractivity contribution in [2.24, 2.45) is 0 Å². The van der Waals surface area contributed by atoms with E-state index >= 15 is 0 Å². The summed E-state index contributed by atoms with van der Waals surface area (Å²) in [6.07, 6.45) is 0.922. The Kier molecular flexibility index (Phi) is 4.82. The van der Waals surface area contributed by atoms with Crippen LogP contribution in [0, 0.1) is 5.82 Å². The van der Waals surface area contributed by atoms with E-state index in [1.54, 1.807) is 0 Å². The summed E-state index contributed by atoms with van der Waals surface area (Å²) in [4.78, 5) is 0. The molecule has 20 heavy (non-hydrogen) atoms. The first-order valence-electron chi connectivity index (χ1n) is 6.59. The maximum absolute atomic E-state index is 13.2. The molecule has 0 amide bonds. The number of halogens is 1. The van der Waals surface area contributed by atoms with Gasteiger partial charge >= 0.3 is 0 Å². The number of ether oxygens (including phenoxy) is 2. The van der Waals surface area contributed by atoms with Gasteiger partial charge in [-0.2, -0.15) is 0 Å². The van der Waals surface area contributed by atoms with E-state index < -0.39 is 0 Å². The predicted octanol–water partition coefficient (Wildman–Crippen LogP) is 3.78. The Morgan fingerprint density at radius 3 is 2.45 bits per heavy atom. The third kappa shape index (κ3) is 3.63. The normalized spacial score (nSPS) is 10.3. The molecule has 0 aliphatic heterocycles. The minimum absolute atomic E-state index is 0.204. The Labute approximate surface area is 118 Å². The maximum atomic E-state index is 13.2. The van der Waals surface area contributed by atoms with Crippen molar-refractivity contribution in [3.8, 4) is 11.5 Å². The maximum Gasteiger partial charge on any atom is 0.161 e. The van der Waals surface area contributed by atoms with Crippen LogP contribution in [0.3, 0.4) is 0 Å². The van der Waals surface area contributed by atoms with Gasteiger partial charge in [0.25, 0.3) is 0 Å². The third-order valence-corrected chi connectivity index (χ3v) is 2.80. The summed E-state index contributed by atoms with van der Waals surface area (Å²) in [5, 5.41) is 0. The first-order chi connectivity index (χ1) is 9.70. The molecule has 0 fully saturated rings. The van der Waals surface area contributed by atoms with Crippen molar-refractivity contribution in [1.29, 1.82) is 0 Å². The van der Waals surface area contributed by atoms with Gasteiger partial charge in [-0.15, -0.1) is 0 Å². The molecule has 106 valence electrons. The topological polar surface area (TPSA) is 44.5 Å². The van der Waals surface area contributed by atoms with E-state index in [4.69, 9.17) is 15.2 Å². The van der Waals surface area contributed by atoms with Crippen LogP contribution in [0.1, 0.15) is 18.9 Å². The number of nitrogen functional groups attached to an aromatic ring is 1. The number of benzene rings is 2. The zero-order valence-electron chi connectivity index (χ0n) is 11.4. The molecule has 0 atom stereocenters. The molecule has 2 N–H and O–H groups in total. The van der Waals surface area contributed by atoms with Crippen molar-refractivity contribution >= 4 is 5.69 Å². The molecule has 2 aromatic rings. The minimum atomic E-state index is -0.326. The summed E-state index contributed by atoms with van der Waals surface area (Å²) in [7, 11) is 0. The molecule has 0 spiro atoms. The van der Waals surface area contributed by atoms with Crippen LogP contribution in [0.25, 0.3) is 0 Å². The Morgan fingerprint density at radius 1 is 1.05 bits per heavy atom. The van der Waals surface area contributed by atoms with Gasteiger partial charge in [0.2, 0.25) is 0 Å². The average molecular weight is 275 g/mol. The zero-order chi connectivity index (χ0) is 14.4. The second kappa shape index (κ2) is 6.80. The fourth-order valence-corrected chi connectivity index (χ4v) is 1.76. The molecule has 0 bridgehead atoms. The van der Waals surface area contributed by atoms with Crippen LogP contribution in [0.5, 0.6) is 11.5 Å². The Morgan fingerprint density at radius 2 is 1.75 bits per heavy atom. The monoisotopic (exact) mass is 275 g/mol. The lowest BCUT2D eigenvalue weighted by molar-refractivity contribution is 0.262. The van der Waals surface area contributed by atoms with E-state index in [0.717, 1.165) is 6.42 Å². The molecule has 2 aromatic carbocycles. The Bertz CT molecular complexity index is 572. The number of anilines is 1. The molecule has 2 rings (SSSR count). The largest absolute Gasteiger partial charge is 0.490 e. The van der Waals surface area contributed by atoms with Crippen molar-refractivity contribution in [2.45, 2.75) is 20.0 Å². The minimum Gasteiger partial charge on any atom is -0.490 e. The average Bonchev–Trinajstić information content (AvgIpc) is 2.47. The molecule has 0 saturated carbocycles. The van der Waals surface area contributed by atoms with Crippen molar-refractivity contribution in [2.75, 3.05) is 12.3 Å². The second-order valence-corrected chi connectivity index (χ2v) is 4.43. The van der Waals surface area contributed by atoms with Gasteiger partial charge in [-0.3, -0.25) is 0 Å². The highest BCUT2D eigenvalue weighted by Crippen LogP contribution is 2.28. The molecule has 4 heteroatoms. The van der Waals surface area contributed by atoms with Crippen LogP contribution in [0.4, 0.5) is 10.1 Å². The highest BCUT2D eigenvalue weighted by Gasteiger charge is 2.06. The number of nitrogens with two attached hydrogens (primary N) is 1. The van der Waals surface area contributed by atoms with Gasteiger partial charge in [0.1, 0.15) is 12.4 Å². The quantitative estimate of drug-likeness (QED) is 0.816. The number of para-hydroxylation sites is 2. The summed E-state index contributed by atoms with van der Waals surface area (Å²) in [6, 6.07) is 11.7. The highest BCUT2D eigenvalue weighted by molar-refractivity contribution is 5.47. The van der Waals surface area contributed by atoms with E-state index in [1.807, 2.05) is 31.2 Å². The summed E-state index contributed by atoms with van der Waals surface area (Å²) in [5.74, 6) is 0.988. The van der Waals surface area contributed by atoms with E-state index in [0.29, 0.717) is 29.4 Å². The fourth-order valence-electron chi connectivity index (χ4n) is 1.76. The van der Waals surface area contributed by atoms with E-state index in [1.165, 1.54) is 18.2 Å². The highest BCUT2D eigenvalue weighted by atomic mass is 19.1. The molecule has 0 aliphatic carbocycles. The van der Waals surface area contributed by atoms with Crippen molar-refractivity contribution in [1.82, 2.24) is 0 Å². The van der Waals surface area contributed by atoms with Crippen LogP contribution in [0.15, 0.2) is 42.5 Å². The standard InChI is InChI=1S/C16H18FNO2/c1-2-9-19-15-5-3-4-6-16(15)20-11-12-10-13(17)7-8-14(12)18/h3-8,10H,2,9,11,18H2,1H3. The molecule has 0 unspecified atom stereocenters. The predicted molar refractivity (Wildman–Crippen MR) is 77.4 cm³/mol. The number of hydrogen-bond donors (Lipinski definition) is 1. The van der Waals surface area contributed by atoms with Crippen molar-refractivity contribution in [3.05, 3.63) is 53.8 Å². The van der Waals surface area contributed by atoms with E-state index in [-0.39, 0.29) is 12.4 Å². The molecule has 0 saturated heterocycles. The second-order valence-electron chi connectivity index (χ2n) is 4.43. The van der Waals surface area contributed by atoms with Gasteiger partial charge < -0.3 is 15.2 Å². The van der Waals surface area contributed by atoms with E-state index in [9.17, 15) is 4.39 Å². The van der Waals surface area contributed by atoms with Gasteiger partial charge in [-0.1, -0.05) is 19.1 Å². The van der Waals surface area contributed by atoms with Gasteiger partial charge in [-0.05, 0) is 36.8 Å². The molecule has 0 aliphatic rings. The van der Waals surface area contributed by atoms with Crippen molar-refractivity contribution in [3.63, 3.8) is 0 Å². The van der Waals surface area contributed by atoms with Crippen LogP contribution in [-0.2, 0) is 6.61 Å². The molecule has 3 nitrogen and oxygen atoms in total. The Hall–Kier alpha value is -2.23. The summed E-state index contributed by atoms with van der Waals surface area (Å²) in [6.45, 7) is 2.87. The molecule has 0 radical (unpaired) electrons. The van der Waals surface area contributed by atoms with Gasteiger partial charge in [0, 0.05) is 11.3 Å². The summed E-state index contributed by atoms with van der Waals surface area (Å²) in [5.41, 5.74) is 6.93. The first kappa shape index (κ1) is 14.2. The summed E-state index contributed by atoms with van der Waals surface area (Å²) >= 11 is 0. The summed E-state index contributed by atoms with van der Waals surface area (Å²) < 4.78 is 24.5. The van der Waals surface area contributed by atoms with Gasteiger partial charge in [-0.25, -0.2) is 4.39 Å². The SMILES string of the molecule is CCCOc1ccccc1OCc1cc(F)ccc1N. The molecule has 0 aromatic heterocycles. The molecular formula is C16H18FNO2. The van der Waals surface area contributed by atoms with Gasteiger partial charge in [0.15, 0.2) is 11.5 Å².